The van der Waals surface area contributed by atoms with Crippen LogP contribution < -0.4 is 0 Å². The Balaban J connectivity index is 2.99. The number of ether oxygens (including phenoxy) is 1. The molecule has 1 aliphatic rings. The van der Waals surface area contributed by atoms with E-state index < -0.39 is 29.0 Å². The predicted octanol–water partition coefficient (Wildman–Crippen LogP) is 1.65. The summed E-state index contributed by atoms with van der Waals surface area (Å²) in [4.78, 5) is 34.5. The number of carbonyl (C=O) groups is 3. The molecule has 3 unspecified atom stereocenters. The van der Waals surface area contributed by atoms with Crippen molar-refractivity contribution < 1.29 is 24.2 Å². The fourth-order valence-corrected chi connectivity index (χ4v) is 3.65. The zero-order valence-electron chi connectivity index (χ0n) is 12.9. The van der Waals surface area contributed by atoms with Crippen molar-refractivity contribution in [2.24, 2.45) is 11.3 Å². The molecule has 0 aromatic carbocycles. The molecule has 114 valence electrons. The molecule has 1 fully saturated rings. The first-order valence-corrected chi connectivity index (χ1v) is 6.87. The highest BCUT2D eigenvalue weighted by Gasteiger charge is 2.53. The second-order valence-electron chi connectivity index (χ2n) is 6.76. The van der Waals surface area contributed by atoms with Crippen molar-refractivity contribution in [2.75, 3.05) is 0 Å². The van der Waals surface area contributed by atoms with Gasteiger partial charge in [0, 0.05) is 13.3 Å². The van der Waals surface area contributed by atoms with Crippen LogP contribution in [0.3, 0.4) is 0 Å². The van der Waals surface area contributed by atoms with Crippen molar-refractivity contribution in [2.45, 2.75) is 65.6 Å². The van der Waals surface area contributed by atoms with E-state index >= 15 is 0 Å². The highest BCUT2D eigenvalue weighted by molar-refractivity contribution is 5.99. The average molecular weight is 284 g/mol. The zero-order chi connectivity index (χ0) is 15.7. The van der Waals surface area contributed by atoms with Crippen molar-refractivity contribution >= 4 is 17.5 Å². The lowest BCUT2D eigenvalue weighted by Gasteiger charge is -2.49. The molecule has 0 heterocycles. The first kappa shape index (κ1) is 16.8. The first-order chi connectivity index (χ1) is 8.95. The molecule has 0 amide bonds. The summed E-state index contributed by atoms with van der Waals surface area (Å²) < 4.78 is 5.19. The SMILES string of the molecule is CC(=O)CC(=O)C1C(C)(C)CC(OC(C)=O)CC1(C)O. The minimum absolute atomic E-state index is 0.164. The van der Waals surface area contributed by atoms with E-state index in [1.807, 2.05) is 13.8 Å². The van der Waals surface area contributed by atoms with Gasteiger partial charge in [-0.2, -0.15) is 0 Å². The Labute approximate surface area is 119 Å². The maximum atomic E-state index is 12.3. The predicted molar refractivity (Wildman–Crippen MR) is 73.0 cm³/mol. The van der Waals surface area contributed by atoms with Gasteiger partial charge >= 0.3 is 5.97 Å². The molecule has 0 aromatic rings. The lowest BCUT2D eigenvalue weighted by atomic mass is 9.59. The van der Waals surface area contributed by atoms with Gasteiger partial charge in [0.2, 0.25) is 0 Å². The lowest BCUT2D eigenvalue weighted by molar-refractivity contribution is -0.172. The van der Waals surface area contributed by atoms with Gasteiger partial charge in [0.25, 0.3) is 0 Å². The van der Waals surface area contributed by atoms with Gasteiger partial charge in [-0.15, -0.1) is 0 Å². The normalized spacial score (nSPS) is 32.5. The van der Waals surface area contributed by atoms with Crippen LogP contribution in [-0.4, -0.2) is 34.3 Å². The molecule has 1 aliphatic carbocycles. The quantitative estimate of drug-likeness (QED) is 0.627. The molecule has 0 aromatic heterocycles. The van der Waals surface area contributed by atoms with E-state index in [0.29, 0.717) is 6.42 Å². The second kappa shape index (κ2) is 5.64. The maximum Gasteiger partial charge on any atom is 0.302 e. The number of hydrogen-bond acceptors (Lipinski definition) is 5. The Bertz CT molecular complexity index is 404. The van der Waals surface area contributed by atoms with Crippen LogP contribution in [0.2, 0.25) is 0 Å². The largest absolute Gasteiger partial charge is 0.462 e. The van der Waals surface area contributed by atoms with Gasteiger partial charge in [0.1, 0.15) is 17.7 Å². The third-order valence-corrected chi connectivity index (χ3v) is 3.88. The third kappa shape index (κ3) is 3.88. The van der Waals surface area contributed by atoms with Gasteiger partial charge in [-0.05, 0) is 25.7 Å². The van der Waals surface area contributed by atoms with E-state index in [1.54, 1.807) is 6.92 Å². The number of esters is 1. The van der Waals surface area contributed by atoms with Gasteiger partial charge in [0.05, 0.1) is 17.9 Å². The van der Waals surface area contributed by atoms with E-state index in [2.05, 4.69) is 0 Å². The van der Waals surface area contributed by atoms with Crippen molar-refractivity contribution in [1.29, 1.82) is 0 Å². The van der Waals surface area contributed by atoms with Gasteiger partial charge in [-0.25, -0.2) is 0 Å². The maximum absolute atomic E-state index is 12.3. The lowest BCUT2D eigenvalue weighted by Crippen LogP contribution is -2.55. The molecule has 0 saturated heterocycles. The van der Waals surface area contributed by atoms with Gasteiger partial charge in [-0.1, -0.05) is 13.8 Å². The molecular weight excluding hydrogens is 260 g/mol. The molecule has 1 rings (SSSR count). The second-order valence-corrected chi connectivity index (χ2v) is 6.76. The molecule has 0 radical (unpaired) electrons. The number of hydrogen-bond donors (Lipinski definition) is 1. The van der Waals surface area contributed by atoms with Crippen molar-refractivity contribution in [1.82, 2.24) is 0 Å². The number of aliphatic hydroxyl groups is 1. The number of ketones is 2. The van der Waals surface area contributed by atoms with Crippen LogP contribution >= 0.6 is 0 Å². The van der Waals surface area contributed by atoms with Gasteiger partial charge in [0.15, 0.2) is 0 Å². The first-order valence-electron chi connectivity index (χ1n) is 6.87. The summed E-state index contributed by atoms with van der Waals surface area (Å²) in [5.74, 6) is -1.47. The highest BCUT2D eigenvalue weighted by atomic mass is 16.5. The van der Waals surface area contributed by atoms with E-state index in [1.165, 1.54) is 13.8 Å². The summed E-state index contributed by atoms with van der Waals surface area (Å²) in [5.41, 5.74) is -1.82. The molecule has 5 heteroatoms. The molecule has 5 nitrogen and oxygen atoms in total. The summed E-state index contributed by atoms with van der Waals surface area (Å²) >= 11 is 0. The van der Waals surface area contributed by atoms with E-state index in [9.17, 15) is 19.5 Å². The highest BCUT2D eigenvalue weighted by Crippen LogP contribution is 2.47. The molecule has 0 aliphatic heterocycles. The fourth-order valence-electron chi connectivity index (χ4n) is 3.65. The van der Waals surface area contributed by atoms with Crippen LogP contribution in [0.1, 0.15) is 53.9 Å². The van der Waals surface area contributed by atoms with Crippen LogP contribution in [0.5, 0.6) is 0 Å². The summed E-state index contributed by atoms with van der Waals surface area (Å²) in [6.45, 7) is 7.99. The smallest absolute Gasteiger partial charge is 0.302 e. The molecule has 1 saturated carbocycles. The van der Waals surface area contributed by atoms with Crippen molar-refractivity contribution in [3.8, 4) is 0 Å². The van der Waals surface area contributed by atoms with E-state index in [4.69, 9.17) is 4.74 Å². The Kier molecular flexibility index (Phi) is 4.74. The average Bonchev–Trinajstić information content (AvgIpc) is 2.08. The molecular formula is C15H24O5. The Morgan fingerprint density at radius 3 is 2.10 bits per heavy atom. The summed E-state index contributed by atoms with van der Waals surface area (Å²) in [6, 6.07) is 0. The number of rotatable bonds is 4. The van der Waals surface area contributed by atoms with Gasteiger partial charge in [-0.3, -0.25) is 14.4 Å². The minimum atomic E-state index is -1.28. The summed E-state index contributed by atoms with van der Waals surface area (Å²) in [7, 11) is 0. The van der Waals surface area contributed by atoms with Crippen molar-refractivity contribution in [3.63, 3.8) is 0 Å². The Morgan fingerprint density at radius 2 is 1.70 bits per heavy atom. The summed E-state index contributed by atoms with van der Waals surface area (Å²) in [6.07, 6.45) is 0.142. The Morgan fingerprint density at radius 1 is 1.15 bits per heavy atom. The molecule has 20 heavy (non-hydrogen) atoms. The number of carbonyl (C=O) groups excluding carboxylic acids is 3. The van der Waals surface area contributed by atoms with Crippen LogP contribution in [-0.2, 0) is 19.1 Å². The van der Waals surface area contributed by atoms with Gasteiger partial charge < -0.3 is 9.84 Å². The van der Waals surface area contributed by atoms with Crippen molar-refractivity contribution in [3.05, 3.63) is 0 Å². The minimum Gasteiger partial charge on any atom is -0.462 e. The molecule has 3 atom stereocenters. The topological polar surface area (TPSA) is 80.7 Å². The number of Topliss-reactive ketones (excluding diaryl/α,β-unsaturated/α-hetero) is 2. The molecule has 1 N–H and O–H groups in total. The molecule has 0 spiro atoms. The summed E-state index contributed by atoms with van der Waals surface area (Å²) in [5, 5.41) is 10.6. The van der Waals surface area contributed by atoms with E-state index in [-0.39, 0.29) is 24.4 Å². The Hall–Kier alpha value is -1.23. The fraction of sp³-hybridized carbons (Fsp3) is 0.800. The monoisotopic (exact) mass is 284 g/mol. The van der Waals surface area contributed by atoms with E-state index in [0.717, 1.165) is 0 Å². The van der Waals surface area contributed by atoms with Crippen LogP contribution in [0.25, 0.3) is 0 Å². The van der Waals surface area contributed by atoms with Crippen LogP contribution in [0.15, 0.2) is 0 Å². The molecule has 0 bridgehead atoms. The standard InChI is InChI=1S/C15H24O5/c1-9(16)6-12(18)13-14(3,4)7-11(20-10(2)17)8-15(13,5)19/h11,13,19H,6-8H2,1-5H3. The van der Waals surface area contributed by atoms with Crippen LogP contribution in [0.4, 0.5) is 0 Å². The third-order valence-electron chi connectivity index (χ3n) is 3.88. The zero-order valence-corrected chi connectivity index (χ0v) is 12.9. The van der Waals surface area contributed by atoms with Crippen LogP contribution in [0, 0.1) is 11.3 Å².